The summed E-state index contributed by atoms with van der Waals surface area (Å²) in [6, 6.07) is 15.3. The van der Waals surface area contributed by atoms with E-state index in [1.807, 2.05) is 12.1 Å². The second-order valence-corrected chi connectivity index (χ2v) is 9.83. The fraction of sp³-hybridized carbons (Fsp3) is 0.333. The molecule has 162 valence electrons. The van der Waals surface area contributed by atoms with Crippen LogP contribution in [0.4, 0.5) is 0 Å². The SMILES string of the molecule is C=CCN(Cc1ccc(C#N)cc1)C(=O)c1ccc(S(=O)(=O)N2CCC(C)CC2)cc1. The average molecular weight is 438 g/mol. The Morgan fingerprint density at radius 3 is 2.32 bits per heavy atom. The van der Waals surface area contributed by atoms with Crippen LogP contribution in [0.25, 0.3) is 0 Å². The van der Waals surface area contributed by atoms with Crippen molar-refractivity contribution in [1.29, 1.82) is 5.26 Å². The quantitative estimate of drug-likeness (QED) is 0.617. The molecule has 6 nitrogen and oxygen atoms in total. The lowest BCUT2D eigenvalue weighted by molar-refractivity contribution is 0.0762. The fourth-order valence-electron chi connectivity index (χ4n) is 3.61. The summed E-state index contributed by atoms with van der Waals surface area (Å²) in [4.78, 5) is 14.9. The van der Waals surface area contributed by atoms with Gasteiger partial charge in [-0.2, -0.15) is 9.57 Å². The van der Waals surface area contributed by atoms with Crippen LogP contribution in [-0.2, 0) is 16.6 Å². The third-order valence-corrected chi connectivity index (χ3v) is 7.49. The van der Waals surface area contributed by atoms with Gasteiger partial charge >= 0.3 is 0 Å². The second-order valence-electron chi connectivity index (χ2n) is 7.89. The highest BCUT2D eigenvalue weighted by Crippen LogP contribution is 2.24. The molecule has 31 heavy (non-hydrogen) atoms. The molecule has 0 N–H and O–H groups in total. The highest BCUT2D eigenvalue weighted by molar-refractivity contribution is 7.89. The predicted octanol–water partition coefficient (Wildman–Crippen LogP) is 3.81. The number of piperidine rings is 1. The Kier molecular flexibility index (Phi) is 7.26. The molecular formula is C24H27N3O3S. The van der Waals surface area contributed by atoms with Crippen molar-refractivity contribution in [1.82, 2.24) is 9.21 Å². The largest absolute Gasteiger partial charge is 0.331 e. The molecule has 2 aromatic carbocycles. The van der Waals surface area contributed by atoms with Crippen molar-refractivity contribution in [2.75, 3.05) is 19.6 Å². The van der Waals surface area contributed by atoms with E-state index in [1.165, 1.54) is 16.4 Å². The average Bonchev–Trinajstić information content (AvgIpc) is 2.79. The standard InChI is InChI=1S/C24H27N3O3S/c1-3-14-26(18-21-6-4-20(17-25)5-7-21)24(28)22-8-10-23(11-9-22)31(29,30)27-15-12-19(2)13-16-27/h3-11,19H,1,12-16,18H2,2H3. The Bertz CT molecular complexity index is 1060. The van der Waals surface area contributed by atoms with Crippen LogP contribution in [0, 0.1) is 17.2 Å². The molecule has 1 aliphatic heterocycles. The summed E-state index contributed by atoms with van der Waals surface area (Å²) in [7, 11) is -3.55. The maximum Gasteiger partial charge on any atom is 0.254 e. The van der Waals surface area contributed by atoms with Gasteiger partial charge in [-0.3, -0.25) is 4.79 Å². The highest BCUT2D eigenvalue weighted by atomic mass is 32.2. The van der Waals surface area contributed by atoms with E-state index < -0.39 is 10.0 Å². The topological polar surface area (TPSA) is 81.5 Å². The number of hydrogen-bond acceptors (Lipinski definition) is 4. The Morgan fingerprint density at radius 2 is 1.77 bits per heavy atom. The van der Waals surface area contributed by atoms with Crippen molar-refractivity contribution in [3.8, 4) is 6.07 Å². The highest BCUT2D eigenvalue weighted by Gasteiger charge is 2.28. The lowest BCUT2D eigenvalue weighted by Crippen LogP contribution is -2.37. The first-order valence-corrected chi connectivity index (χ1v) is 11.8. The smallest absolute Gasteiger partial charge is 0.254 e. The third-order valence-electron chi connectivity index (χ3n) is 5.57. The van der Waals surface area contributed by atoms with E-state index >= 15 is 0 Å². The number of sulfonamides is 1. The van der Waals surface area contributed by atoms with Crippen LogP contribution < -0.4 is 0 Å². The first-order chi connectivity index (χ1) is 14.8. The molecule has 0 aromatic heterocycles. The van der Waals surface area contributed by atoms with Gasteiger partial charge in [-0.05, 0) is 60.7 Å². The maximum atomic E-state index is 13.0. The molecule has 0 aliphatic carbocycles. The van der Waals surface area contributed by atoms with Crippen LogP contribution in [-0.4, -0.2) is 43.2 Å². The minimum Gasteiger partial charge on any atom is -0.331 e. The van der Waals surface area contributed by atoms with Crippen LogP contribution in [0.1, 0.15) is 41.3 Å². The Labute approximate surface area is 184 Å². The third kappa shape index (κ3) is 5.40. The second kappa shape index (κ2) is 9.90. The number of nitrogens with zero attached hydrogens (tertiary/aromatic N) is 3. The van der Waals surface area contributed by atoms with Gasteiger partial charge in [0, 0.05) is 31.7 Å². The zero-order valence-corrected chi connectivity index (χ0v) is 18.5. The van der Waals surface area contributed by atoms with Crippen LogP contribution in [0.2, 0.25) is 0 Å². The van der Waals surface area contributed by atoms with E-state index in [1.54, 1.807) is 35.2 Å². The fourth-order valence-corrected chi connectivity index (χ4v) is 5.08. The van der Waals surface area contributed by atoms with Crippen LogP contribution in [0.15, 0.2) is 66.1 Å². The number of benzene rings is 2. The predicted molar refractivity (Wildman–Crippen MR) is 120 cm³/mol. The lowest BCUT2D eigenvalue weighted by Gasteiger charge is -2.29. The molecule has 0 saturated carbocycles. The molecule has 1 amide bonds. The number of hydrogen-bond donors (Lipinski definition) is 0. The normalized spacial score (nSPS) is 15.2. The zero-order valence-electron chi connectivity index (χ0n) is 17.7. The van der Waals surface area contributed by atoms with E-state index in [0.29, 0.717) is 43.2 Å². The summed E-state index contributed by atoms with van der Waals surface area (Å²) in [6.07, 6.45) is 3.38. The summed E-state index contributed by atoms with van der Waals surface area (Å²) < 4.78 is 27.3. The molecule has 0 unspecified atom stereocenters. The van der Waals surface area contributed by atoms with Crippen LogP contribution in [0.5, 0.6) is 0 Å². The molecule has 2 aromatic rings. The maximum absolute atomic E-state index is 13.0. The minimum atomic E-state index is -3.55. The summed E-state index contributed by atoms with van der Waals surface area (Å²) >= 11 is 0. The molecule has 0 atom stereocenters. The van der Waals surface area contributed by atoms with Crippen molar-refractivity contribution in [2.24, 2.45) is 5.92 Å². The number of carbonyl (C=O) groups excluding carboxylic acids is 1. The van der Waals surface area contributed by atoms with Gasteiger partial charge in [-0.15, -0.1) is 6.58 Å². The van der Waals surface area contributed by atoms with Crippen molar-refractivity contribution >= 4 is 15.9 Å². The molecule has 7 heteroatoms. The molecule has 3 rings (SSSR count). The summed E-state index contributed by atoms with van der Waals surface area (Å²) in [5.41, 5.74) is 1.87. The van der Waals surface area contributed by atoms with E-state index in [4.69, 9.17) is 5.26 Å². The summed E-state index contributed by atoms with van der Waals surface area (Å²) in [6.45, 7) is 7.64. The van der Waals surface area contributed by atoms with Gasteiger partial charge in [0.05, 0.1) is 16.5 Å². The van der Waals surface area contributed by atoms with Gasteiger partial charge in [0.1, 0.15) is 0 Å². The Morgan fingerprint density at radius 1 is 1.16 bits per heavy atom. The molecule has 1 heterocycles. The molecule has 0 radical (unpaired) electrons. The van der Waals surface area contributed by atoms with E-state index in [0.717, 1.165) is 18.4 Å². The first-order valence-electron chi connectivity index (χ1n) is 10.3. The molecule has 1 saturated heterocycles. The minimum absolute atomic E-state index is 0.208. The van der Waals surface area contributed by atoms with Crippen molar-refractivity contribution in [2.45, 2.75) is 31.2 Å². The van der Waals surface area contributed by atoms with Gasteiger partial charge in [0.25, 0.3) is 5.91 Å². The Hall–Kier alpha value is -2.95. The van der Waals surface area contributed by atoms with Crippen molar-refractivity contribution in [3.63, 3.8) is 0 Å². The number of rotatable bonds is 7. The van der Waals surface area contributed by atoms with Crippen molar-refractivity contribution < 1.29 is 13.2 Å². The molecular weight excluding hydrogens is 410 g/mol. The number of carbonyl (C=O) groups is 1. The molecule has 0 bridgehead atoms. The summed E-state index contributed by atoms with van der Waals surface area (Å²) in [5.74, 6) is 0.332. The van der Waals surface area contributed by atoms with Gasteiger partial charge in [0.15, 0.2) is 0 Å². The van der Waals surface area contributed by atoms with E-state index in [-0.39, 0.29) is 10.8 Å². The lowest BCUT2D eigenvalue weighted by atomic mass is 10.0. The van der Waals surface area contributed by atoms with E-state index in [2.05, 4.69) is 19.6 Å². The van der Waals surface area contributed by atoms with Crippen LogP contribution >= 0.6 is 0 Å². The molecule has 1 fully saturated rings. The monoisotopic (exact) mass is 437 g/mol. The van der Waals surface area contributed by atoms with Gasteiger partial charge < -0.3 is 4.90 Å². The van der Waals surface area contributed by atoms with E-state index in [9.17, 15) is 13.2 Å². The van der Waals surface area contributed by atoms with Crippen molar-refractivity contribution in [3.05, 3.63) is 77.9 Å². The Balaban J connectivity index is 1.75. The zero-order chi connectivity index (χ0) is 22.4. The molecule has 0 spiro atoms. The van der Waals surface area contributed by atoms with Crippen LogP contribution in [0.3, 0.4) is 0 Å². The first kappa shape index (κ1) is 22.7. The molecule has 1 aliphatic rings. The van der Waals surface area contributed by atoms with Gasteiger partial charge in [0.2, 0.25) is 10.0 Å². The van der Waals surface area contributed by atoms with Gasteiger partial charge in [-0.25, -0.2) is 8.42 Å². The van der Waals surface area contributed by atoms with Gasteiger partial charge in [-0.1, -0.05) is 25.1 Å². The summed E-state index contributed by atoms with van der Waals surface area (Å²) in [5, 5.41) is 8.93. The number of nitriles is 1. The number of amides is 1.